The van der Waals surface area contributed by atoms with Crippen LogP contribution in [-0.2, 0) is 25.5 Å². The Labute approximate surface area is 173 Å². The monoisotopic (exact) mass is 444 g/mol. The molecule has 0 unspecified atom stereocenters. The van der Waals surface area contributed by atoms with Crippen molar-refractivity contribution in [1.82, 2.24) is 5.32 Å². The minimum Gasteiger partial charge on any atom is -0.377 e. The van der Waals surface area contributed by atoms with Gasteiger partial charge in [0.1, 0.15) is 5.54 Å². The zero-order valence-electron chi connectivity index (χ0n) is 16.4. The number of carbonyl (C=O) groups excluding carboxylic acids is 1. The van der Waals surface area contributed by atoms with Crippen LogP contribution in [-0.4, -0.2) is 37.8 Å². The molecule has 0 aliphatic heterocycles. The zero-order chi connectivity index (χ0) is 22.2. The predicted octanol–water partition coefficient (Wildman–Crippen LogP) is 3.23. The van der Waals surface area contributed by atoms with Gasteiger partial charge in [-0.2, -0.15) is 18.4 Å². The third-order valence-corrected chi connectivity index (χ3v) is 7.83. The van der Waals surface area contributed by atoms with E-state index in [0.29, 0.717) is 25.9 Å². The molecule has 1 amide bonds. The number of rotatable bonds is 7. The fourth-order valence-corrected chi connectivity index (χ4v) is 5.81. The lowest BCUT2D eigenvalue weighted by atomic mass is 10.0. The number of hydrogen-bond donors (Lipinski definition) is 1. The van der Waals surface area contributed by atoms with Gasteiger partial charge in [-0.3, -0.25) is 4.79 Å². The maximum atomic E-state index is 13.4. The van der Waals surface area contributed by atoms with Crippen molar-refractivity contribution >= 4 is 15.7 Å². The van der Waals surface area contributed by atoms with Gasteiger partial charge in [0.2, 0.25) is 5.91 Å². The van der Waals surface area contributed by atoms with Crippen LogP contribution in [0.4, 0.5) is 13.2 Å². The van der Waals surface area contributed by atoms with Crippen LogP contribution in [0.5, 0.6) is 0 Å². The molecule has 3 atom stereocenters. The average molecular weight is 444 g/mol. The molecular formula is C20H23F3N2O4S. The molecule has 0 bridgehead atoms. The first-order valence-electron chi connectivity index (χ1n) is 9.79. The molecule has 0 spiro atoms. The summed E-state index contributed by atoms with van der Waals surface area (Å²) >= 11 is 0. The summed E-state index contributed by atoms with van der Waals surface area (Å²) in [6.45, 7) is 2.15. The topological polar surface area (TPSA) is 96.3 Å². The molecule has 164 valence electrons. The molecule has 2 fully saturated rings. The lowest BCUT2D eigenvalue weighted by molar-refractivity contribution is -0.140. The molecule has 1 N–H and O–H groups in total. The van der Waals surface area contributed by atoms with Gasteiger partial charge in [-0.1, -0.05) is 19.1 Å². The molecule has 1 aromatic rings. The van der Waals surface area contributed by atoms with E-state index < -0.39 is 55.2 Å². The van der Waals surface area contributed by atoms with Crippen molar-refractivity contribution in [3.05, 3.63) is 29.8 Å². The average Bonchev–Trinajstić information content (AvgIpc) is 3.33. The molecule has 0 aromatic heterocycles. The van der Waals surface area contributed by atoms with Crippen molar-refractivity contribution in [2.45, 2.75) is 67.0 Å². The maximum Gasteiger partial charge on any atom is 0.417 e. The highest BCUT2D eigenvalue weighted by Crippen LogP contribution is 2.41. The van der Waals surface area contributed by atoms with E-state index in [0.717, 1.165) is 18.2 Å². The molecule has 0 saturated heterocycles. The third kappa shape index (κ3) is 4.47. The van der Waals surface area contributed by atoms with E-state index in [1.165, 1.54) is 6.07 Å². The van der Waals surface area contributed by atoms with Crippen LogP contribution in [0.25, 0.3) is 0 Å². The van der Waals surface area contributed by atoms with Crippen LogP contribution in [0.3, 0.4) is 0 Å². The van der Waals surface area contributed by atoms with Crippen molar-refractivity contribution in [2.75, 3.05) is 6.61 Å². The number of ether oxygens (including phenoxy) is 1. The normalized spacial score (nSPS) is 25.5. The summed E-state index contributed by atoms with van der Waals surface area (Å²) in [4.78, 5) is 12.0. The second-order valence-corrected chi connectivity index (χ2v) is 10.0. The van der Waals surface area contributed by atoms with Crippen LogP contribution in [0.15, 0.2) is 29.2 Å². The van der Waals surface area contributed by atoms with Gasteiger partial charge in [0.15, 0.2) is 9.84 Å². The summed E-state index contributed by atoms with van der Waals surface area (Å²) in [6.07, 6.45) is -4.12. The smallest absolute Gasteiger partial charge is 0.377 e. The minimum atomic E-state index is -4.82. The second-order valence-electron chi connectivity index (χ2n) is 7.83. The highest BCUT2D eigenvalue weighted by atomic mass is 32.2. The number of nitrogens with one attached hydrogen (secondary N) is 1. The first-order chi connectivity index (χ1) is 14.0. The molecule has 10 heteroatoms. The van der Waals surface area contributed by atoms with Crippen molar-refractivity contribution in [3.63, 3.8) is 0 Å². The number of alkyl halides is 3. The quantitative estimate of drug-likeness (QED) is 0.697. The first kappa shape index (κ1) is 22.6. The van der Waals surface area contributed by atoms with E-state index in [1.807, 2.05) is 13.0 Å². The molecule has 2 aliphatic rings. The van der Waals surface area contributed by atoms with E-state index >= 15 is 0 Å². The standard InChI is InChI=1S/C20H23F3N2O4S/c1-2-9-29-16-11-13(10-14(16)18(26)25-19(12-24)7-8-19)30(27,28)17-6-4-3-5-15(17)20(21,22)23/h3-6,13-14,16H,2,7-11H2,1H3,(H,25,26)/t13-,14-,16-/m0/s1. The number of nitriles is 1. The molecule has 30 heavy (non-hydrogen) atoms. The number of benzene rings is 1. The van der Waals surface area contributed by atoms with Crippen molar-refractivity contribution in [1.29, 1.82) is 5.26 Å². The molecule has 2 saturated carbocycles. The van der Waals surface area contributed by atoms with E-state index in [-0.39, 0.29) is 12.8 Å². The number of hydrogen-bond acceptors (Lipinski definition) is 5. The summed E-state index contributed by atoms with van der Waals surface area (Å²) in [5.74, 6) is -1.34. The number of sulfone groups is 1. The summed E-state index contributed by atoms with van der Waals surface area (Å²) in [5.41, 5.74) is -2.14. The number of carbonyl (C=O) groups is 1. The lowest BCUT2D eigenvalue weighted by Crippen LogP contribution is -2.42. The van der Waals surface area contributed by atoms with Gasteiger partial charge in [0.25, 0.3) is 0 Å². The van der Waals surface area contributed by atoms with E-state index in [1.54, 1.807) is 0 Å². The fraction of sp³-hybridized carbons (Fsp3) is 0.600. The van der Waals surface area contributed by atoms with Gasteiger partial charge in [0.05, 0.1) is 33.8 Å². The van der Waals surface area contributed by atoms with Crippen LogP contribution >= 0.6 is 0 Å². The molecule has 6 nitrogen and oxygen atoms in total. The third-order valence-electron chi connectivity index (χ3n) is 5.60. The Bertz CT molecular complexity index is 952. The lowest BCUT2D eigenvalue weighted by Gasteiger charge is -2.20. The molecule has 3 rings (SSSR count). The van der Waals surface area contributed by atoms with E-state index in [9.17, 15) is 31.6 Å². The van der Waals surface area contributed by atoms with E-state index in [2.05, 4.69) is 5.32 Å². The molecule has 0 heterocycles. The van der Waals surface area contributed by atoms with Crippen LogP contribution in [0, 0.1) is 17.2 Å². The summed E-state index contributed by atoms with van der Waals surface area (Å²) < 4.78 is 72.0. The minimum absolute atomic E-state index is 0.0772. The zero-order valence-corrected chi connectivity index (χ0v) is 17.2. The Hall–Kier alpha value is -2.12. The van der Waals surface area contributed by atoms with Crippen LogP contribution in [0.1, 0.15) is 44.6 Å². The predicted molar refractivity (Wildman–Crippen MR) is 101 cm³/mol. The van der Waals surface area contributed by atoms with Gasteiger partial charge in [-0.15, -0.1) is 0 Å². The Morgan fingerprint density at radius 1 is 1.30 bits per heavy atom. The van der Waals surface area contributed by atoms with Gasteiger partial charge in [-0.05, 0) is 44.2 Å². The van der Waals surface area contributed by atoms with Crippen LogP contribution in [0.2, 0.25) is 0 Å². The summed E-state index contributed by atoms with van der Waals surface area (Å²) in [5, 5.41) is 10.7. The first-order valence-corrected chi connectivity index (χ1v) is 11.3. The number of nitrogens with zero attached hydrogens (tertiary/aromatic N) is 1. The van der Waals surface area contributed by atoms with Gasteiger partial charge in [-0.25, -0.2) is 8.42 Å². The molecule has 2 aliphatic carbocycles. The van der Waals surface area contributed by atoms with Crippen molar-refractivity contribution < 1.29 is 31.1 Å². The number of halogens is 3. The van der Waals surface area contributed by atoms with Gasteiger partial charge < -0.3 is 10.1 Å². The second kappa shape index (κ2) is 8.19. The van der Waals surface area contributed by atoms with Crippen molar-refractivity contribution in [2.24, 2.45) is 5.92 Å². The summed E-state index contributed by atoms with van der Waals surface area (Å²) in [7, 11) is -4.36. The molecule has 1 aromatic carbocycles. The summed E-state index contributed by atoms with van der Waals surface area (Å²) in [6, 6.07) is 6.11. The highest BCUT2D eigenvalue weighted by Gasteiger charge is 2.51. The Morgan fingerprint density at radius 3 is 2.53 bits per heavy atom. The number of amides is 1. The Kier molecular flexibility index (Phi) is 6.16. The SMILES string of the molecule is CCCO[C@H]1C[C@@H](S(=O)(=O)c2ccccc2C(F)(F)F)C[C@@H]1C(=O)NC1(C#N)CC1. The maximum absolute atomic E-state index is 13.4. The fourth-order valence-electron chi connectivity index (χ4n) is 3.78. The van der Waals surface area contributed by atoms with Gasteiger partial charge >= 0.3 is 6.18 Å². The van der Waals surface area contributed by atoms with Crippen LogP contribution < -0.4 is 5.32 Å². The molecular weight excluding hydrogens is 421 g/mol. The van der Waals surface area contributed by atoms with E-state index in [4.69, 9.17) is 4.74 Å². The van der Waals surface area contributed by atoms with Crippen molar-refractivity contribution in [3.8, 4) is 6.07 Å². The largest absolute Gasteiger partial charge is 0.417 e. The van der Waals surface area contributed by atoms with Gasteiger partial charge in [0, 0.05) is 6.61 Å². The Balaban J connectivity index is 1.88. The Morgan fingerprint density at radius 2 is 1.97 bits per heavy atom. The molecule has 0 radical (unpaired) electrons. The highest BCUT2D eigenvalue weighted by molar-refractivity contribution is 7.92.